The van der Waals surface area contributed by atoms with Crippen LogP contribution in [0, 0.1) is 5.82 Å². The zero-order valence-electron chi connectivity index (χ0n) is 20.8. The van der Waals surface area contributed by atoms with E-state index in [1.807, 2.05) is 29.0 Å². The number of hydrogen-bond donors (Lipinski definition) is 2. The summed E-state index contributed by atoms with van der Waals surface area (Å²) in [5.74, 6) is -1.33. The van der Waals surface area contributed by atoms with E-state index in [0.29, 0.717) is 41.3 Å². The molecule has 0 radical (unpaired) electrons. The van der Waals surface area contributed by atoms with E-state index in [2.05, 4.69) is 17.1 Å². The zero-order chi connectivity index (χ0) is 26.9. The molecular weight excluding hydrogens is 531 g/mol. The van der Waals surface area contributed by atoms with Crippen molar-refractivity contribution in [3.05, 3.63) is 69.0 Å². The second kappa shape index (κ2) is 11.7. The van der Waals surface area contributed by atoms with E-state index in [-0.39, 0.29) is 18.5 Å². The number of β-amino-alcohol motifs (C(OH)–C–C–N with tert-alkyl or cyclic N) is 1. The number of halogens is 6. The van der Waals surface area contributed by atoms with E-state index in [9.17, 15) is 22.7 Å². The van der Waals surface area contributed by atoms with Crippen molar-refractivity contribution < 1.29 is 22.7 Å². The number of rotatable bonds is 7. The van der Waals surface area contributed by atoms with Gasteiger partial charge in [0.1, 0.15) is 12.0 Å². The molecule has 2 aromatic carbocycles. The largest absolute Gasteiger partial charge is 0.419 e. The van der Waals surface area contributed by atoms with Gasteiger partial charge in [-0.15, -0.1) is 0 Å². The predicted molar refractivity (Wildman–Crippen MR) is 137 cm³/mol. The standard InChI is InChI=1S/C26H32Cl2F4N4O/c1-16-11-35(8-7-33-16)15-25(37)36-13-19(18-4-6-21(27)22(28)10-18)24(14-36)34(2)12-17-3-5-20(23(29)9-17)26(30,31)32/h3-6,9-10,16,19,24-25,33,37H,7-8,11-15H2,1-2H3. The average molecular weight is 563 g/mol. The summed E-state index contributed by atoms with van der Waals surface area (Å²) in [6.45, 7) is 6.55. The van der Waals surface area contributed by atoms with Crippen molar-refractivity contribution >= 4 is 23.2 Å². The molecule has 2 aliphatic rings. The average Bonchev–Trinajstić information content (AvgIpc) is 3.26. The molecule has 4 atom stereocenters. The number of likely N-dealkylation sites (tertiary alicyclic amines) is 1. The Kier molecular flexibility index (Phi) is 9.05. The molecule has 5 nitrogen and oxygen atoms in total. The van der Waals surface area contributed by atoms with E-state index in [4.69, 9.17) is 23.2 Å². The Morgan fingerprint density at radius 1 is 1.11 bits per heavy atom. The van der Waals surface area contributed by atoms with Crippen molar-refractivity contribution in [3.8, 4) is 0 Å². The number of aliphatic hydroxyl groups excluding tert-OH is 1. The molecule has 2 saturated heterocycles. The van der Waals surface area contributed by atoms with Crippen LogP contribution in [0.15, 0.2) is 36.4 Å². The van der Waals surface area contributed by atoms with Crippen LogP contribution in [-0.4, -0.2) is 84.4 Å². The topological polar surface area (TPSA) is 42.0 Å². The third-order valence-corrected chi connectivity index (χ3v) is 8.06. The van der Waals surface area contributed by atoms with Gasteiger partial charge < -0.3 is 10.4 Å². The first kappa shape index (κ1) is 28.5. The maximum absolute atomic E-state index is 14.2. The lowest BCUT2D eigenvalue weighted by Crippen LogP contribution is -2.53. The van der Waals surface area contributed by atoms with E-state index >= 15 is 0 Å². The monoisotopic (exact) mass is 562 g/mol. The van der Waals surface area contributed by atoms with Crippen LogP contribution in [0.4, 0.5) is 17.6 Å². The van der Waals surface area contributed by atoms with Gasteiger partial charge in [0.25, 0.3) is 0 Å². The minimum absolute atomic E-state index is 0.0457. The maximum atomic E-state index is 14.2. The fourth-order valence-corrected chi connectivity index (χ4v) is 5.70. The third-order valence-electron chi connectivity index (χ3n) is 7.32. The van der Waals surface area contributed by atoms with Gasteiger partial charge in [-0.1, -0.05) is 35.3 Å². The molecule has 2 aromatic rings. The fraction of sp³-hybridized carbons (Fsp3) is 0.538. The maximum Gasteiger partial charge on any atom is 0.419 e. The van der Waals surface area contributed by atoms with E-state index < -0.39 is 23.8 Å². The van der Waals surface area contributed by atoms with E-state index in [1.165, 1.54) is 6.07 Å². The highest BCUT2D eigenvalue weighted by atomic mass is 35.5. The van der Waals surface area contributed by atoms with Crippen LogP contribution < -0.4 is 5.32 Å². The Bertz CT molecular complexity index is 1090. The van der Waals surface area contributed by atoms with E-state index in [0.717, 1.165) is 37.3 Å². The molecular formula is C26H32Cl2F4N4O. The molecule has 0 aliphatic carbocycles. The molecule has 0 aromatic heterocycles. The number of aliphatic hydroxyl groups is 1. The van der Waals surface area contributed by atoms with Gasteiger partial charge in [0.05, 0.1) is 15.6 Å². The van der Waals surface area contributed by atoms with Crippen molar-refractivity contribution in [2.45, 2.75) is 43.9 Å². The quantitative estimate of drug-likeness (QED) is 0.480. The minimum Gasteiger partial charge on any atom is -0.377 e. The summed E-state index contributed by atoms with van der Waals surface area (Å²) in [6.07, 6.45) is -5.42. The number of likely N-dealkylation sites (N-methyl/N-ethyl adjacent to an activating group) is 1. The number of benzene rings is 2. The summed E-state index contributed by atoms with van der Waals surface area (Å²) >= 11 is 12.4. The highest BCUT2D eigenvalue weighted by molar-refractivity contribution is 6.42. The van der Waals surface area contributed by atoms with Gasteiger partial charge >= 0.3 is 6.18 Å². The Morgan fingerprint density at radius 3 is 2.51 bits per heavy atom. The van der Waals surface area contributed by atoms with Crippen LogP contribution in [0.2, 0.25) is 10.0 Å². The number of piperazine rings is 1. The van der Waals surface area contributed by atoms with Crippen molar-refractivity contribution in [1.82, 2.24) is 20.0 Å². The smallest absolute Gasteiger partial charge is 0.377 e. The molecule has 0 saturated carbocycles. The lowest BCUT2D eigenvalue weighted by Gasteiger charge is -2.35. The second-order valence-electron chi connectivity index (χ2n) is 10.1. The molecule has 2 aliphatic heterocycles. The predicted octanol–water partition coefficient (Wildman–Crippen LogP) is 4.66. The molecule has 2 heterocycles. The molecule has 11 heteroatoms. The van der Waals surface area contributed by atoms with E-state index in [1.54, 1.807) is 6.07 Å². The van der Waals surface area contributed by atoms with Crippen LogP contribution in [0.5, 0.6) is 0 Å². The summed E-state index contributed by atoms with van der Waals surface area (Å²) in [7, 11) is 1.86. The first-order valence-corrected chi connectivity index (χ1v) is 13.1. The van der Waals surface area contributed by atoms with Gasteiger partial charge in [-0.25, -0.2) is 4.39 Å². The summed E-state index contributed by atoms with van der Waals surface area (Å²) in [5.41, 5.74) is 0.120. The van der Waals surface area contributed by atoms with Crippen LogP contribution in [0.25, 0.3) is 0 Å². The van der Waals surface area contributed by atoms with Crippen molar-refractivity contribution in [2.75, 3.05) is 46.3 Å². The highest BCUT2D eigenvalue weighted by Gasteiger charge is 2.40. The molecule has 204 valence electrons. The fourth-order valence-electron chi connectivity index (χ4n) is 5.39. The van der Waals surface area contributed by atoms with Gasteiger partial charge in [-0.05, 0) is 49.4 Å². The summed E-state index contributed by atoms with van der Waals surface area (Å²) in [6, 6.07) is 8.76. The molecule has 4 rings (SSSR count). The van der Waals surface area contributed by atoms with Gasteiger partial charge in [-0.2, -0.15) is 13.2 Å². The number of nitrogens with one attached hydrogen (secondary N) is 1. The van der Waals surface area contributed by atoms with Crippen molar-refractivity contribution in [3.63, 3.8) is 0 Å². The molecule has 2 fully saturated rings. The minimum atomic E-state index is -4.74. The molecule has 0 bridgehead atoms. The number of hydrogen-bond acceptors (Lipinski definition) is 5. The highest BCUT2D eigenvalue weighted by Crippen LogP contribution is 2.36. The Hall–Kier alpha value is -1.46. The third kappa shape index (κ3) is 6.95. The molecule has 0 spiro atoms. The van der Waals surface area contributed by atoms with Gasteiger partial charge in [-0.3, -0.25) is 14.7 Å². The van der Waals surface area contributed by atoms with Crippen molar-refractivity contribution in [1.29, 1.82) is 0 Å². The molecule has 37 heavy (non-hydrogen) atoms. The number of nitrogens with zero attached hydrogens (tertiary/aromatic N) is 3. The molecule has 2 N–H and O–H groups in total. The number of alkyl halides is 3. The summed E-state index contributed by atoms with van der Waals surface area (Å²) in [4.78, 5) is 6.26. The molecule has 0 amide bonds. The first-order valence-electron chi connectivity index (χ1n) is 12.3. The molecule has 4 unspecified atom stereocenters. The Labute approximate surface area is 224 Å². The van der Waals surface area contributed by atoms with Crippen LogP contribution in [0.1, 0.15) is 29.5 Å². The summed E-state index contributed by atoms with van der Waals surface area (Å²) in [5, 5.41) is 15.4. The first-order chi connectivity index (χ1) is 17.4. The lowest BCUT2D eigenvalue weighted by atomic mass is 9.93. The summed E-state index contributed by atoms with van der Waals surface area (Å²) < 4.78 is 53.2. The van der Waals surface area contributed by atoms with Gasteiger partial charge in [0.2, 0.25) is 0 Å². The van der Waals surface area contributed by atoms with Gasteiger partial charge in [0.15, 0.2) is 0 Å². The van der Waals surface area contributed by atoms with Gasteiger partial charge in [0, 0.05) is 63.8 Å². The SMILES string of the molecule is CC1CN(CC(O)N2CC(c3ccc(Cl)c(Cl)c3)C(N(C)Cc3ccc(C(F)(F)F)c(F)c3)C2)CCN1. The zero-order valence-corrected chi connectivity index (χ0v) is 22.3. The van der Waals surface area contributed by atoms with Crippen LogP contribution >= 0.6 is 23.2 Å². The van der Waals surface area contributed by atoms with Crippen LogP contribution in [-0.2, 0) is 12.7 Å². The Morgan fingerprint density at radius 2 is 1.86 bits per heavy atom. The Balaban J connectivity index is 1.53. The van der Waals surface area contributed by atoms with Crippen molar-refractivity contribution in [2.24, 2.45) is 0 Å². The second-order valence-corrected chi connectivity index (χ2v) is 10.9. The van der Waals surface area contributed by atoms with Crippen LogP contribution in [0.3, 0.4) is 0 Å². The normalized spacial score (nSPS) is 24.6. The lowest BCUT2D eigenvalue weighted by molar-refractivity contribution is -0.140.